The lowest BCUT2D eigenvalue weighted by Gasteiger charge is -2.38. The van der Waals surface area contributed by atoms with Crippen LogP contribution in [0.2, 0.25) is 0 Å². The molecule has 0 aliphatic carbocycles. The Balaban J connectivity index is 2.02. The normalized spacial score (nSPS) is 22.1. The molecule has 23 heavy (non-hydrogen) atoms. The molecule has 0 bridgehead atoms. The van der Waals surface area contributed by atoms with Crippen LogP contribution in [0.4, 0.5) is 0 Å². The summed E-state index contributed by atoms with van der Waals surface area (Å²) in [5.74, 6) is 0.369. The molecular formula is C18H27NO3S. The van der Waals surface area contributed by atoms with E-state index in [9.17, 15) is 13.2 Å². The molecule has 1 aliphatic heterocycles. The number of hydrogen-bond donors (Lipinski definition) is 0. The largest absolute Gasteiger partial charge is 0.342 e. The lowest BCUT2D eigenvalue weighted by molar-refractivity contribution is -0.130. The first-order valence-corrected chi connectivity index (χ1v) is 10.3. The van der Waals surface area contributed by atoms with Crippen molar-refractivity contribution >= 4 is 15.7 Å². The number of rotatable bonds is 6. The molecule has 0 aromatic heterocycles. The van der Waals surface area contributed by atoms with Crippen LogP contribution in [0.3, 0.4) is 0 Å². The van der Waals surface area contributed by atoms with E-state index in [1.54, 1.807) is 4.90 Å². The fourth-order valence-corrected chi connectivity index (χ4v) is 4.80. The topological polar surface area (TPSA) is 54.5 Å². The molecule has 2 rings (SSSR count). The van der Waals surface area contributed by atoms with Crippen molar-refractivity contribution < 1.29 is 13.2 Å². The highest BCUT2D eigenvalue weighted by Crippen LogP contribution is 2.34. The van der Waals surface area contributed by atoms with Crippen LogP contribution in [-0.4, -0.2) is 43.8 Å². The molecule has 1 aromatic carbocycles. The third-order valence-electron chi connectivity index (χ3n) is 4.70. The van der Waals surface area contributed by atoms with Crippen molar-refractivity contribution in [1.82, 2.24) is 4.90 Å². The third-order valence-corrected chi connectivity index (χ3v) is 6.41. The summed E-state index contributed by atoms with van der Waals surface area (Å²) >= 11 is 0. The molecule has 0 unspecified atom stereocenters. The van der Waals surface area contributed by atoms with Crippen LogP contribution in [0.5, 0.6) is 0 Å². The van der Waals surface area contributed by atoms with Crippen molar-refractivity contribution in [2.45, 2.75) is 39.0 Å². The zero-order valence-corrected chi connectivity index (χ0v) is 14.9. The summed E-state index contributed by atoms with van der Waals surface area (Å²) in [5.41, 5.74) is 1.32. The lowest BCUT2D eigenvalue weighted by Crippen LogP contribution is -2.45. The standard InChI is InChI=1S/C18H27NO3S/c1-3-12-23(21,22)14-18(20)19-11-10-17(15(4-2)13-19)16-8-6-5-7-9-16/h5-9,15,17H,3-4,10-14H2,1-2H3/t15-,17-/m0/s1. The van der Waals surface area contributed by atoms with E-state index < -0.39 is 9.84 Å². The van der Waals surface area contributed by atoms with Crippen molar-refractivity contribution in [3.8, 4) is 0 Å². The zero-order valence-electron chi connectivity index (χ0n) is 14.1. The summed E-state index contributed by atoms with van der Waals surface area (Å²) in [5, 5.41) is 0. The maximum atomic E-state index is 12.3. The first-order chi connectivity index (χ1) is 11.0. The van der Waals surface area contributed by atoms with Crippen LogP contribution in [0, 0.1) is 5.92 Å². The molecule has 0 spiro atoms. The fourth-order valence-electron chi connectivity index (χ4n) is 3.47. The van der Waals surface area contributed by atoms with Crippen LogP contribution >= 0.6 is 0 Å². The molecule has 128 valence electrons. The van der Waals surface area contributed by atoms with Gasteiger partial charge in [0.05, 0.1) is 5.75 Å². The zero-order chi connectivity index (χ0) is 16.9. The maximum Gasteiger partial charge on any atom is 0.237 e. The molecule has 4 nitrogen and oxygen atoms in total. The average molecular weight is 337 g/mol. The minimum absolute atomic E-state index is 0.0937. The quantitative estimate of drug-likeness (QED) is 0.802. The predicted octanol–water partition coefficient (Wildman–Crippen LogP) is 2.85. The maximum absolute atomic E-state index is 12.3. The van der Waals surface area contributed by atoms with Gasteiger partial charge < -0.3 is 4.90 Å². The third kappa shape index (κ3) is 4.80. The number of carbonyl (C=O) groups is 1. The highest BCUT2D eigenvalue weighted by Gasteiger charge is 2.32. The molecule has 1 saturated heterocycles. The molecule has 0 radical (unpaired) electrons. The number of hydrogen-bond acceptors (Lipinski definition) is 3. The van der Waals surface area contributed by atoms with E-state index in [1.807, 2.05) is 13.0 Å². The minimum Gasteiger partial charge on any atom is -0.342 e. The molecule has 0 saturated carbocycles. The lowest BCUT2D eigenvalue weighted by atomic mass is 9.79. The number of sulfone groups is 1. The molecule has 1 heterocycles. The Kier molecular flexibility index (Phi) is 6.22. The molecule has 1 aromatic rings. The summed E-state index contributed by atoms with van der Waals surface area (Å²) in [7, 11) is -3.26. The monoisotopic (exact) mass is 337 g/mol. The van der Waals surface area contributed by atoms with Gasteiger partial charge in [-0.05, 0) is 30.2 Å². The van der Waals surface area contributed by atoms with Gasteiger partial charge in [0.25, 0.3) is 0 Å². The molecule has 1 aliphatic rings. The number of benzene rings is 1. The van der Waals surface area contributed by atoms with Gasteiger partial charge in [-0.25, -0.2) is 8.42 Å². The number of nitrogens with zero attached hydrogens (tertiary/aromatic N) is 1. The van der Waals surface area contributed by atoms with Gasteiger partial charge in [-0.2, -0.15) is 0 Å². The number of carbonyl (C=O) groups excluding carboxylic acids is 1. The van der Waals surface area contributed by atoms with Crippen LogP contribution in [0.15, 0.2) is 30.3 Å². The van der Waals surface area contributed by atoms with Gasteiger partial charge in [0.2, 0.25) is 5.91 Å². The molecule has 0 N–H and O–H groups in total. The van der Waals surface area contributed by atoms with Gasteiger partial charge in [0.15, 0.2) is 9.84 Å². The summed E-state index contributed by atoms with van der Waals surface area (Å²) < 4.78 is 23.7. The van der Waals surface area contributed by atoms with Crippen LogP contribution in [0.1, 0.15) is 44.6 Å². The molecule has 1 fully saturated rings. The first-order valence-electron chi connectivity index (χ1n) is 8.50. The SMILES string of the molecule is CCCS(=O)(=O)CC(=O)N1CC[C@H](c2ccccc2)[C@@H](CC)C1. The predicted molar refractivity (Wildman–Crippen MR) is 93.1 cm³/mol. The van der Waals surface area contributed by atoms with Crippen molar-refractivity contribution in [2.24, 2.45) is 5.92 Å². The fraction of sp³-hybridized carbons (Fsp3) is 0.611. The minimum atomic E-state index is -3.26. The van der Waals surface area contributed by atoms with Crippen molar-refractivity contribution in [2.75, 3.05) is 24.6 Å². The summed E-state index contributed by atoms with van der Waals surface area (Å²) in [4.78, 5) is 14.1. The van der Waals surface area contributed by atoms with E-state index in [1.165, 1.54) is 5.56 Å². The Morgan fingerprint density at radius 1 is 1.22 bits per heavy atom. The van der Waals surface area contributed by atoms with Crippen LogP contribution < -0.4 is 0 Å². The van der Waals surface area contributed by atoms with Crippen molar-refractivity contribution in [3.63, 3.8) is 0 Å². The Morgan fingerprint density at radius 3 is 2.52 bits per heavy atom. The highest BCUT2D eigenvalue weighted by molar-refractivity contribution is 7.92. The Labute approximate surface area is 139 Å². The van der Waals surface area contributed by atoms with E-state index in [-0.39, 0.29) is 17.4 Å². The second-order valence-electron chi connectivity index (χ2n) is 6.41. The van der Waals surface area contributed by atoms with Gasteiger partial charge in [-0.15, -0.1) is 0 Å². The van der Waals surface area contributed by atoms with Gasteiger partial charge in [-0.1, -0.05) is 50.6 Å². The second kappa shape index (κ2) is 7.95. The number of likely N-dealkylation sites (tertiary alicyclic amines) is 1. The van der Waals surface area contributed by atoms with Crippen molar-refractivity contribution in [3.05, 3.63) is 35.9 Å². The Morgan fingerprint density at radius 2 is 1.91 bits per heavy atom. The summed E-state index contributed by atoms with van der Waals surface area (Å²) in [6, 6.07) is 10.4. The smallest absolute Gasteiger partial charge is 0.237 e. The van der Waals surface area contributed by atoms with E-state index >= 15 is 0 Å². The molecule has 5 heteroatoms. The number of amides is 1. The van der Waals surface area contributed by atoms with Gasteiger partial charge in [-0.3, -0.25) is 4.79 Å². The average Bonchev–Trinajstić information content (AvgIpc) is 2.54. The molecular weight excluding hydrogens is 310 g/mol. The molecule has 1 amide bonds. The number of piperidine rings is 1. The van der Waals surface area contributed by atoms with Gasteiger partial charge in [0.1, 0.15) is 5.75 Å². The summed E-state index contributed by atoms with van der Waals surface area (Å²) in [6.45, 7) is 5.27. The Bertz CT molecular complexity index is 612. The second-order valence-corrected chi connectivity index (χ2v) is 8.59. The van der Waals surface area contributed by atoms with Crippen molar-refractivity contribution in [1.29, 1.82) is 0 Å². The highest BCUT2D eigenvalue weighted by atomic mass is 32.2. The first kappa shape index (κ1) is 18.0. The molecule has 2 atom stereocenters. The van der Waals surface area contributed by atoms with E-state index in [0.29, 0.717) is 31.3 Å². The van der Waals surface area contributed by atoms with E-state index in [0.717, 1.165) is 12.8 Å². The van der Waals surface area contributed by atoms with Crippen LogP contribution in [-0.2, 0) is 14.6 Å². The van der Waals surface area contributed by atoms with Gasteiger partial charge in [0, 0.05) is 13.1 Å². The van der Waals surface area contributed by atoms with E-state index in [4.69, 9.17) is 0 Å². The van der Waals surface area contributed by atoms with Crippen LogP contribution in [0.25, 0.3) is 0 Å². The van der Waals surface area contributed by atoms with E-state index in [2.05, 4.69) is 31.2 Å². The van der Waals surface area contributed by atoms with Gasteiger partial charge >= 0.3 is 0 Å². The summed E-state index contributed by atoms with van der Waals surface area (Å²) in [6.07, 6.45) is 2.45. The Hall–Kier alpha value is -1.36.